The number of rotatable bonds is 6. The smallest absolute Gasteiger partial charge is 0.287 e. The first kappa shape index (κ1) is 16.6. The van der Waals surface area contributed by atoms with Crippen molar-refractivity contribution in [2.45, 2.75) is 13.0 Å². The first-order chi connectivity index (χ1) is 12.1. The van der Waals surface area contributed by atoms with Crippen LogP contribution in [0, 0.1) is 0 Å². The van der Waals surface area contributed by atoms with Crippen molar-refractivity contribution in [1.82, 2.24) is 15.5 Å². The highest BCUT2D eigenvalue weighted by Crippen LogP contribution is 2.31. The van der Waals surface area contributed by atoms with Crippen molar-refractivity contribution >= 4 is 5.91 Å². The molecule has 0 saturated carbocycles. The maximum Gasteiger partial charge on any atom is 0.287 e. The molecule has 0 aliphatic rings. The number of nitrogens with zero attached hydrogens (tertiary/aromatic N) is 2. The van der Waals surface area contributed by atoms with E-state index in [1.165, 1.54) is 6.26 Å². The summed E-state index contributed by atoms with van der Waals surface area (Å²) in [7, 11) is 3.11. The molecule has 0 spiro atoms. The van der Waals surface area contributed by atoms with Gasteiger partial charge in [0.15, 0.2) is 17.3 Å². The Morgan fingerprint density at radius 3 is 2.68 bits per heavy atom. The Morgan fingerprint density at radius 2 is 2.00 bits per heavy atom. The minimum atomic E-state index is -0.473. The van der Waals surface area contributed by atoms with Crippen molar-refractivity contribution in [2.75, 3.05) is 14.2 Å². The van der Waals surface area contributed by atoms with Crippen LogP contribution in [0.4, 0.5) is 0 Å². The largest absolute Gasteiger partial charge is 0.493 e. The number of amides is 1. The second-order valence-corrected chi connectivity index (χ2v) is 5.20. The molecule has 130 valence electrons. The fraction of sp³-hybridized carbons (Fsp3) is 0.235. The van der Waals surface area contributed by atoms with Gasteiger partial charge in [-0.15, -0.1) is 0 Å². The van der Waals surface area contributed by atoms with Gasteiger partial charge in [0.1, 0.15) is 6.04 Å². The Morgan fingerprint density at radius 1 is 1.20 bits per heavy atom. The Balaban J connectivity index is 1.77. The summed E-state index contributed by atoms with van der Waals surface area (Å²) in [4.78, 5) is 16.3. The zero-order valence-corrected chi connectivity index (χ0v) is 14.0. The third-order valence-electron chi connectivity index (χ3n) is 3.55. The molecule has 1 N–H and O–H groups in total. The predicted octanol–water partition coefficient (Wildman–Crippen LogP) is 2.84. The van der Waals surface area contributed by atoms with Gasteiger partial charge in [0.25, 0.3) is 5.91 Å². The van der Waals surface area contributed by atoms with Crippen LogP contribution in [0.15, 0.2) is 45.5 Å². The van der Waals surface area contributed by atoms with E-state index >= 15 is 0 Å². The molecule has 2 aromatic heterocycles. The standard InChI is InChI=1S/C17H17N3O5/c1-10(18-16(21)13-5-4-8-24-13)17-19-15(20-25-17)11-6-7-12(22-2)14(9-11)23-3/h4-10H,1-3H3,(H,18,21)/t10-/m1/s1. The van der Waals surface area contributed by atoms with Crippen molar-refractivity contribution in [3.8, 4) is 22.9 Å². The Bertz CT molecular complexity index is 857. The van der Waals surface area contributed by atoms with Gasteiger partial charge in [-0.1, -0.05) is 5.16 Å². The molecule has 0 fully saturated rings. The molecule has 0 aliphatic heterocycles. The van der Waals surface area contributed by atoms with Gasteiger partial charge in [-0.2, -0.15) is 4.98 Å². The molecule has 0 saturated heterocycles. The number of hydrogen-bond donors (Lipinski definition) is 1. The lowest BCUT2D eigenvalue weighted by Gasteiger charge is -2.08. The van der Waals surface area contributed by atoms with E-state index in [9.17, 15) is 4.79 Å². The van der Waals surface area contributed by atoms with Crippen LogP contribution in [0.1, 0.15) is 29.4 Å². The number of ether oxygens (including phenoxy) is 2. The minimum absolute atomic E-state index is 0.214. The molecule has 1 aromatic carbocycles. The molecule has 0 aliphatic carbocycles. The van der Waals surface area contributed by atoms with Crippen molar-refractivity contribution in [2.24, 2.45) is 0 Å². The maximum atomic E-state index is 12.0. The summed E-state index contributed by atoms with van der Waals surface area (Å²) in [5, 5.41) is 6.68. The van der Waals surface area contributed by atoms with E-state index in [4.69, 9.17) is 18.4 Å². The molecule has 8 nitrogen and oxygen atoms in total. The zero-order valence-electron chi connectivity index (χ0n) is 14.0. The SMILES string of the molecule is COc1ccc(-c2noc([C@@H](C)NC(=O)c3ccco3)n2)cc1OC. The number of hydrogen-bond acceptors (Lipinski definition) is 7. The van der Waals surface area contributed by atoms with Crippen LogP contribution >= 0.6 is 0 Å². The maximum absolute atomic E-state index is 12.0. The summed E-state index contributed by atoms with van der Waals surface area (Å²) in [6.45, 7) is 1.74. The number of benzene rings is 1. The van der Waals surface area contributed by atoms with Gasteiger partial charge in [-0.3, -0.25) is 4.79 Å². The zero-order chi connectivity index (χ0) is 17.8. The number of nitrogens with one attached hydrogen (secondary N) is 1. The Hall–Kier alpha value is -3.29. The van der Waals surface area contributed by atoms with Crippen LogP contribution in [0.2, 0.25) is 0 Å². The van der Waals surface area contributed by atoms with E-state index in [1.807, 2.05) is 0 Å². The fourth-order valence-electron chi connectivity index (χ4n) is 2.24. The van der Waals surface area contributed by atoms with Gasteiger partial charge < -0.3 is 23.7 Å². The molecular weight excluding hydrogens is 326 g/mol. The van der Waals surface area contributed by atoms with E-state index in [2.05, 4.69) is 15.5 Å². The van der Waals surface area contributed by atoms with Crippen LogP contribution < -0.4 is 14.8 Å². The van der Waals surface area contributed by atoms with Crippen LogP contribution in [0.25, 0.3) is 11.4 Å². The molecule has 1 atom stereocenters. The molecule has 0 unspecified atom stereocenters. The summed E-state index contributed by atoms with van der Waals surface area (Å²) in [6, 6.07) is 8.04. The number of carbonyl (C=O) groups is 1. The van der Waals surface area contributed by atoms with Crippen molar-refractivity contribution in [1.29, 1.82) is 0 Å². The molecule has 25 heavy (non-hydrogen) atoms. The quantitative estimate of drug-likeness (QED) is 0.734. The Labute approximate surface area is 143 Å². The highest BCUT2D eigenvalue weighted by atomic mass is 16.5. The van der Waals surface area contributed by atoms with E-state index in [0.717, 1.165) is 0 Å². The molecule has 3 aromatic rings. The average molecular weight is 343 g/mol. The lowest BCUT2D eigenvalue weighted by atomic mass is 10.2. The molecule has 3 rings (SSSR count). The van der Waals surface area contributed by atoms with E-state index in [0.29, 0.717) is 22.9 Å². The number of furan rings is 1. The molecular formula is C17H17N3O5. The number of methoxy groups -OCH3 is 2. The predicted molar refractivity (Wildman–Crippen MR) is 87.4 cm³/mol. The van der Waals surface area contributed by atoms with Crippen LogP contribution in [0.3, 0.4) is 0 Å². The summed E-state index contributed by atoms with van der Waals surface area (Å²) in [6.07, 6.45) is 1.43. The van der Waals surface area contributed by atoms with Crippen molar-refractivity contribution in [3.63, 3.8) is 0 Å². The molecule has 2 heterocycles. The monoisotopic (exact) mass is 343 g/mol. The molecule has 0 bridgehead atoms. The molecule has 0 radical (unpaired) electrons. The van der Waals surface area contributed by atoms with Crippen molar-refractivity contribution in [3.05, 3.63) is 48.2 Å². The van der Waals surface area contributed by atoms with E-state index in [-0.39, 0.29) is 17.6 Å². The topological polar surface area (TPSA) is 99.6 Å². The average Bonchev–Trinajstić information content (AvgIpc) is 3.32. The number of aromatic nitrogens is 2. The van der Waals surface area contributed by atoms with Crippen LogP contribution in [-0.4, -0.2) is 30.3 Å². The molecule has 1 amide bonds. The van der Waals surface area contributed by atoms with Gasteiger partial charge in [-0.25, -0.2) is 0 Å². The second kappa shape index (κ2) is 7.08. The third kappa shape index (κ3) is 3.47. The lowest BCUT2D eigenvalue weighted by molar-refractivity contribution is 0.0904. The summed E-state index contributed by atoms with van der Waals surface area (Å²) >= 11 is 0. The fourth-order valence-corrected chi connectivity index (χ4v) is 2.24. The van der Waals surface area contributed by atoms with Gasteiger partial charge >= 0.3 is 0 Å². The summed E-state index contributed by atoms with van der Waals surface area (Å²) < 4.78 is 20.8. The van der Waals surface area contributed by atoms with Gasteiger partial charge in [0.05, 0.1) is 20.5 Å². The van der Waals surface area contributed by atoms with Gasteiger partial charge in [0, 0.05) is 5.56 Å². The van der Waals surface area contributed by atoms with Crippen LogP contribution in [0.5, 0.6) is 11.5 Å². The highest BCUT2D eigenvalue weighted by Gasteiger charge is 2.20. The highest BCUT2D eigenvalue weighted by molar-refractivity contribution is 5.91. The van der Waals surface area contributed by atoms with Gasteiger partial charge in [0.2, 0.25) is 11.7 Å². The first-order valence-electron chi connectivity index (χ1n) is 7.52. The third-order valence-corrected chi connectivity index (χ3v) is 3.55. The minimum Gasteiger partial charge on any atom is -0.493 e. The summed E-state index contributed by atoms with van der Waals surface area (Å²) in [5.41, 5.74) is 0.706. The lowest BCUT2D eigenvalue weighted by Crippen LogP contribution is -2.26. The Kier molecular flexibility index (Phi) is 4.69. The number of carbonyl (C=O) groups excluding carboxylic acids is 1. The van der Waals surface area contributed by atoms with E-state index < -0.39 is 6.04 Å². The van der Waals surface area contributed by atoms with Crippen LogP contribution in [-0.2, 0) is 0 Å². The van der Waals surface area contributed by atoms with Gasteiger partial charge in [-0.05, 0) is 37.3 Å². The van der Waals surface area contributed by atoms with Crippen molar-refractivity contribution < 1.29 is 23.2 Å². The van der Waals surface area contributed by atoms with E-state index in [1.54, 1.807) is 51.5 Å². The second-order valence-electron chi connectivity index (χ2n) is 5.20. The molecule has 8 heteroatoms. The summed E-state index contributed by atoms with van der Waals surface area (Å²) in [5.74, 6) is 1.69. The normalized spacial score (nSPS) is 11.8. The first-order valence-corrected chi connectivity index (χ1v) is 7.52.